The molecule has 2 heteroatoms. The minimum absolute atomic E-state index is 0.105. The highest BCUT2D eigenvalue weighted by atomic mass is 32.1. The maximum atomic E-state index is 2.46. The maximum absolute atomic E-state index is 2.46. The lowest BCUT2D eigenvalue weighted by molar-refractivity contribution is 0.660. The number of anilines is 3. The fraction of sp³-hybridized carbons (Fsp3) is 0.0588. The van der Waals surface area contributed by atoms with Crippen molar-refractivity contribution >= 4 is 48.6 Å². The molecule has 10 rings (SSSR count). The Bertz CT molecular complexity index is 2780. The van der Waals surface area contributed by atoms with Crippen LogP contribution in [-0.2, 0) is 5.41 Å². The van der Waals surface area contributed by atoms with Gasteiger partial charge >= 0.3 is 0 Å². The van der Waals surface area contributed by atoms with Gasteiger partial charge in [0.1, 0.15) is 0 Å². The number of rotatable bonds is 6. The van der Waals surface area contributed by atoms with E-state index in [-0.39, 0.29) is 5.41 Å². The molecule has 0 bridgehead atoms. The Labute approximate surface area is 315 Å². The molecule has 0 fully saturated rings. The minimum atomic E-state index is -0.105. The molecule has 0 saturated heterocycles. The van der Waals surface area contributed by atoms with E-state index in [1.165, 1.54) is 75.8 Å². The number of hydrogen-bond donors (Lipinski definition) is 0. The molecule has 53 heavy (non-hydrogen) atoms. The van der Waals surface area contributed by atoms with E-state index in [1.54, 1.807) is 0 Å². The van der Waals surface area contributed by atoms with Crippen LogP contribution < -0.4 is 4.90 Å². The molecule has 8 aromatic carbocycles. The summed E-state index contributed by atoms with van der Waals surface area (Å²) in [5.41, 5.74) is 16.1. The highest BCUT2D eigenvalue weighted by Gasteiger charge is 2.35. The average Bonchev–Trinajstić information content (AvgIpc) is 3.70. The second-order valence-corrected chi connectivity index (χ2v) is 15.6. The number of fused-ring (bicyclic) bond motifs is 6. The van der Waals surface area contributed by atoms with Crippen molar-refractivity contribution in [2.45, 2.75) is 19.3 Å². The summed E-state index contributed by atoms with van der Waals surface area (Å²) in [5, 5.41) is 2.59. The first kappa shape index (κ1) is 31.5. The first-order valence-corrected chi connectivity index (χ1v) is 19.2. The van der Waals surface area contributed by atoms with Crippen LogP contribution in [0.15, 0.2) is 188 Å². The van der Waals surface area contributed by atoms with Gasteiger partial charge in [-0.2, -0.15) is 0 Å². The largest absolute Gasteiger partial charge is 0.310 e. The van der Waals surface area contributed by atoms with Gasteiger partial charge in [-0.1, -0.05) is 159 Å². The molecule has 9 aromatic rings. The van der Waals surface area contributed by atoms with Gasteiger partial charge in [-0.05, 0) is 92.5 Å². The zero-order chi connectivity index (χ0) is 35.5. The van der Waals surface area contributed by atoms with Crippen LogP contribution in [0.3, 0.4) is 0 Å². The van der Waals surface area contributed by atoms with Crippen molar-refractivity contribution in [3.05, 3.63) is 199 Å². The molecule has 0 amide bonds. The third-order valence-corrected chi connectivity index (χ3v) is 12.3. The fourth-order valence-corrected chi connectivity index (χ4v) is 9.56. The second-order valence-electron chi connectivity index (χ2n) is 14.6. The first-order valence-electron chi connectivity index (χ1n) is 18.3. The van der Waals surface area contributed by atoms with Gasteiger partial charge in [0.15, 0.2) is 0 Å². The van der Waals surface area contributed by atoms with Crippen LogP contribution in [-0.4, -0.2) is 0 Å². The highest BCUT2D eigenvalue weighted by molar-refractivity contribution is 7.26. The van der Waals surface area contributed by atoms with E-state index in [1.807, 2.05) is 11.3 Å². The second kappa shape index (κ2) is 12.5. The molecular formula is C51H37NS. The molecule has 1 nitrogen and oxygen atoms in total. The van der Waals surface area contributed by atoms with E-state index >= 15 is 0 Å². The Morgan fingerprint density at radius 1 is 0.377 bits per heavy atom. The summed E-state index contributed by atoms with van der Waals surface area (Å²) in [5.74, 6) is 0. The third kappa shape index (κ3) is 5.29. The van der Waals surface area contributed by atoms with Crippen LogP contribution in [0.5, 0.6) is 0 Å². The van der Waals surface area contributed by atoms with E-state index in [4.69, 9.17) is 0 Å². The summed E-state index contributed by atoms with van der Waals surface area (Å²) in [6.45, 7) is 4.72. The molecule has 0 N–H and O–H groups in total. The molecule has 0 aliphatic heterocycles. The van der Waals surface area contributed by atoms with Crippen molar-refractivity contribution in [3.8, 4) is 44.5 Å². The van der Waals surface area contributed by atoms with Crippen molar-refractivity contribution < 1.29 is 0 Å². The molecule has 0 atom stereocenters. The Morgan fingerprint density at radius 3 is 1.64 bits per heavy atom. The van der Waals surface area contributed by atoms with Gasteiger partial charge in [0, 0.05) is 48.2 Å². The molecule has 0 saturated carbocycles. The van der Waals surface area contributed by atoms with Gasteiger partial charge in [0.05, 0.1) is 0 Å². The smallest absolute Gasteiger partial charge is 0.0475 e. The molecule has 0 spiro atoms. The molecule has 1 aliphatic rings. The average molecular weight is 696 g/mol. The van der Waals surface area contributed by atoms with Crippen LogP contribution in [0, 0.1) is 0 Å². The zero-order valence-corrected chi connectivity index (χ0v) is 30.6. The van der Waals surface area contributed by atoms with Crippen molar-refractivity contribution in [2.75, 3.05) is 4.90 Å². The lowest BCUT2D eigenvalue weighted by Crippen LogP contribution is -2.16. The van der Waals surface area contributed by atoms with Crippen molar-refractivity contribution in [1.29, 1.82) is 0 Å². The van der Waals surface area contributed by atoms with Gasteiger partial charge < -0.3 is 4.90 Å². The Kier molecular flexibility index (Phi) is 7.42. The lowest BCUT2D eigenvalue weighted by atomic mass is 9.82. The van der Waals surface area contributed by atoms with Gasteiger partial charge in [-0.15, -0.1) is 11.3 Å². The number of hydrogen-bond acceptors (Lipinski definition) is 2. The molecule has 1 heterocycles. The summed E-state index contributed by atoms with van der Waals surface area (Å²) in [4.78, 5) is 2.46. The summed E-state index contributed by atoms with van der Waals surface area (Å²) in [6.07, 6.45) is 0. The van der Waals surface area contributed by atoms with Gasteiger partial charge in [0.25, 0.3) is 0 Å². The topological polar surface area (TPSA) is 3.24 Å². The van der Waals surface area contributed by atoms with Crippen molar-refractivity contribution in [1.82, 2.24) is 0 Å². The zero-order valence-electron chi connectivity index (χ0n) is 29.8. The standard InChI is InChI=1S/C51H37NS/c1-51(2)47-19-11-9-17-42(47)43-30-29-40(33-48(43)51)52(39-27-25-37(26-28-39)36-23-21-35(22-24-36)34-13-5-3-6-14-34)41-31-45(38-15-7-4-8-16-38)50-46(32-41)44-18-10-12-20-49(44)53-50/h3-33H,1-2H3. The molecule has 1 aliphatic carbocycles. The molecular weight excluding hydrogens is 659 g/mol. The molecule has 252 valence electrons. The summed E-state index contributed by atoms with van der Waals surface area (Å²) in [6, 6.07) is 69.1. The number of benzene rings is 8. The van der Waals surface area contributed by atoms with E-state index in [9.17, 15) is 0 Å². The van der Waals surface area contributed by atoms with E-state index < -0.39 is 0 Å². The Hall–Kier alpha value is -6.22. The highest BCUT2D eigenvalue weighted by Crippen LogP contribution is 2.51. The SMILES string of the molecule is CC1(C)c2ccccc2-c2ccc(N(c3ccc(-c4ccc(-c5ccccc5)cc4)cc3)c3cc(-c4ccccc4)c4sc5ccccc5c4c3)cc21. The Balaban J connectivity index is 1.15. The fourth-order valence-electron chi connectivity index (χ4n) is 8.34. The molecule has 0 radical (unpaired) electrons. The third-order valence-electron chi connectivity index (χ3n) is 11.1. The lowest BCUT2D eigenvalue weighted by Gasteiger charge is -2.29. The van der Waals surface area contributed by atoms with Crippen LogP contribution in [0.1, 0.15) is 25.0 Å². The normalized spacial score (nSPS) is 12.9. The number of nitrogens with zero attached hydrogens (tertiary/aromatic N) is 1. The van der Waals surface area contributed by atoms with Crippen LogP contribution in [0.4, 0.5) is 17.1 Å². The summed E-state index contributed by atoms with van der Waals surface area (Å²) in [7, 11) is 0. The van der Waals surface area contributed by atoms with Crippen molar-refractivity contribution in [2.24, 2.45) is 0 Å². The predicted molar refractivity (Wildman–Crippen MR) is 228 cm³/mol. The van der Waals surface area contributed by atoms with Crippen LogP contribution >= 0.6 is 11.3 Å². The monoisotopic (exact) mass is 695 g/mol. The Morgan fingerprint density at radius 2 is 0.925 bits per heavy atom. The summed E-state index contributed by atoms with van der Waals surface area (Å²) >= 11 is 1.88. The molecule has 0 unspecified atom stereocenters. The first-order chi connectivity index (χ1) is 26.0. The van der Waals surface area contributed by atoms with Gasteiger partial charge in [-0.3, -0.25) is 0 Å². The maximum Gasteiger partial charge on any atom is 0.0475 e. The van der Waals surface area contributed by atoms with Gasteiger partial charge in [-0.25, -0.2) is 0 Å². The van der Waals surface area contributed by atoms with Gasteiger partial charge in [0.2, 0.25) is 0 Å². The number of thiophene rings is 1. The van der Waals surface area contributed by atoms with E-state index in [0.717, 1.165) is 17.1 Å². The minimum Gasteiger partial charge on any atom is -0.310 e. The summed E-state index contributed by atoms with van der Waals surface area (Å²) < 4.78 is 2.63. The van der Waals surface area contributed by atoms with E-state index in [2.05, 4.69) is 207 Å². The van der Waals surface area contributed by atoms with Crippen molar-refractivity contribution in [3.63, 3.8) is 0 Å². The molecule has 1 aromatic heterocycles. The van der Waals surface area contributed by atoms with Crippen LogP contribution in [0.2, 0.25) is 0 Å². The predicted octanol–water partition coefficient (Wildman–Crippen LogP) is 14.8. The van der Waals surface area contributed by atoms with E-state index in [0.29, 0.717) is 0 Å². The quantitative estimate of drug-likeness (QED) is 0.167. The van der Waals surface area contributed by atoms with Crippen LogP contribution in [0.25, 0.3) is 64.7 Å².